The minimum Gasteiger partial charge on any atom is -0.337 e. The van der Waals surface area contributed by atoms with Crippen LogP contribution in [0.25, 0.3) is 0 Å². The number of aryl methyl sites for hydroxylation is 1. The number of aromatic amines is 1. The molecule has 0 aliphatic heterocycles. The van der Waals surface area contributed by atoms with Gasteiger partial charge in [0.1, 0.15) is 0 Å². The lowest BCUT2D eigenvalue weighted by atomic mass is 10.3. The Morgan fingerprint density at radius 1 is 1.43 bits per heavy atom. The maximum Gasteiger partial charge on any atom is 0.284 e. The third kappa shape index (κ3) is 3.61. The molecule has 1 aromatic heterocycles. The number of benzene rings is 1. The molecular weight excluding hydrogens is 314 g/mol. The highest BCUT2D eigenvalue weighted by atomic mass is 32.2. The summed E-state index contributed by atoms with van der Waals surface area (Å²) in [6.45, 7) is 1.96. The van der Waals surface area contributed by atoms with Gasteiger partial charge in [-0.2, -0.15) is 0 Å². The molecule has 0 bridgehead atoms. The van der Waals surface area contributed by atoms with Crippen LogP contribution in [0.2, 0.25) is 0 Å². The molecule has 1 N–H and O–H groups in total. The highest BCUT2D eigenvalue weighted by Gasteiger charge is 2.20. The van der Waals surface area contributed by atoms with E-state index in [0.717, 1.165) is 36.2 Å². The maximum absolute atomic E-state index is 11.5. The minimum atomic E-state index is -3.49. The van der Waals surface area contributed by atoms with Gasteiger partial charge in [-0.1, -0.05) is 6.92 Å². The molecule has 0 spiro atoms. The number of hydrogen-bond donors (Lipinski definition) is 1. The lowest BCUT2D eigenvalue weighted by Gasteiger charge is -2.03. The molecule has 0 aliphatic carbocycles. The summed E-state index contributed by atoms with van der Waals surface area (Å²) in [5.41, 5.74) is 0.672. The van der Waals surface area contributed by atoms with Gasteiger partial charge in [-0.15, -0.1) is 0 Å². The second kappa shape index (κ2) is 5.86. The molecule has 112 valence electrons. The standard InChI is InChI=1S/C12H13N3O4S2/c1-3-8-7-13-12(14-8)20-11-5-4-9(21(2,18)19)6-10(11)15(16)17/h4-7H,3H2,1-2H3,(H,13,14). The van der Waals surface area contributed by atoms with Gasteiger partial charge in [0.15, 0.2) is 15.0 Å². The monoisotopic (exact) mass is 327 g/mol. The molecule has 9 heteroatoms. The Kier molecular flexibility index (Phi) is 4.33. The van der Waals surface area contributed by atoms with Gasteiger partial charge < -0.3 is 4.98 Å². The first kappa shape index (κ1) is 15.5. The lowest BCUT2D eigenvalue weighted by molar-refractivity contribution is -0.388. The Morgan fingerprint density at radius 2 is 2.14 bits per heavy atom. The van der Waals surface area contributed by atoms with Crippen LogP contribution >= 0.6 is 11.8 Å². The zero-order chi connectivity index (χ0) is 15.6. The Labute approximate surface area is 125 Å². The number of hydrogen-bond acceptors (Lipinski definition) is 6. The lowest BCUT2D eigenvalue weighted by Crippen LogP contribution is -1.99. The number of nitrogens with zero attached hydrogens (tertiary/aromatic N) is 2. The van der Waals surface area contributed by atoms with Crippen LogP contribution in [0.15, 0.2) is 39.3 Å². The molecule has 2 rings (SSSR count). The van der Waals surface area contributed by atoms with Gasteiger partial charge in [-0.05, 0) is 30.3 Å². The van der Waals surface area contributed by atoms with Crippen LogP contribution in [-0.4, -0.2) is 29.6 Å². The first-order valence-electron chi connectivity index (χ1n) is 6.01. The predicted molar refractivity (Wildman–Crippen MR) is 78.3 cm³/mol. The smallest absolute Gasteiger partial charge is 0.284 e. The molecule has 0 amide bonds. The Hall–Kier alpha value is -1.87. The average Bonchev–Trinajstić information content (AvgIpc) is 2.85. The van der Waals surface area contributed by atoms with Gasteiger partial charge in [-0.25, -0.2) is 13.4 Å². The Balaban J connectivity index is 2.41. The second-order valence-electron chi connectivity index (χ2n) is 4.33. The molecule has 0 atom stereocenters. The summed E-state index contributed by atoms with van der Waals surface area (Å²) < 4.78 is 22.9. The number of aromatic nitrogens is 2. The van der Waals surface area contributed by atoms with Crippen LogP contribution in [0.3, 0.4) is 0 Å². The molecule has 1 aromatic carbocycles. The molecule has 1 heterocycles. The molecule has 0 aliphatic rings. The first-order chi connectivity index (χ1) is 9.81. The number of sulfone groups is 1. The van der Waals surface area contributed by atoms with E-state index in [1.807, 2.05) is 6.92 Å². The third-order valence-electron chi connectivity index (χ3n) is 2.75. The van der Waals surface area contributed by atoms with Crippen molar-refractivity contribution < 1.29 is 13.3 Å². The molecule has 0 radical (unpaired) electrons. The van der Waals surface area contributed by atoms with E-state index >= 15 is 0 Å². The van der Waals surface area contributed by atoms with E-state index in [1.54, 1.807) is 6.20 Å². The van der Waals surface area contributed by atoms with Crippen molar-refractivity contribution in [3.05, 3.63) is 40.2 Å². The first-order valence-corrected chi connectivity index (χ1v) is 8.72. The zero-order valence-corrected chi connectivity index (χ0v) is 13.0. The van der Waals surface area contributed by atoms with Gasteiger partial charge >= 0.3 is 0 Å². The fourth-order valence-electron chi connectivity index (χ4n) is 1.63. The van der Waals surface area contributed by atoms with Gasteiger partial charge in [0.25, 0.3) is 5.69 Å². The molecular formula is C12H13N3O4S2. The molecule has 2 aromatic rings. The van der Waals surface area contributed by atoms with E-state index in [-0.39, 0.29) is 10.6 Å². The van der Waals surface area contributed by atoms with Crippen molar-refractivity contribution in [2.45, 2.75) is 28.3 Å². The largest absolute Gasteiger partial charge is 0.337 e. The van der Waals surface area contributed by atoms with E-state index in [0.29, 0.717) is 10.1 Å². The van der Waals surface area contributed by atoms with E-state index in [9.17, 15) is 18.5 Å². The van der Waals surface area contributed by atoms with Crippen molar-refractivity contribution in [3.63, 3.8) is 0 Å². The number of nitro benzene ring substituents is 1. The molecule has 0 fully saturated rings. The predicted octanol–water partition coefficient (Wildman–Crippen LogP) is 2.43. The maximum atomic E-state index is 11.5. The van der Waals surface area contributed by atoms with Gasteiger partial charge in [-0.3, -0.25) is 10.1 Å². The minimum absolute atomic E-state index is 0.0766. The molecule has 0 unspecified atom stereocenters. The summed E-state index contributed by atoms with van der Waals surface area (Å²) in [5, 5.41) is 11.6. The Bertz CT molecular complexity index is 784. The quantitative estimate of drug-likeness (QED) is 0.668. The third-order valence-corrected chi connectivity index (χ3v) is 4.82. The summed E-state index contributed by atoms with van der Waals surface area (Å²) in [6.07, 6.45) is 3.46. The summed E-state index contributed by atoms with van der Waals surface area (Å²) in [4.78, 5) is 17.9. The fourth-order valence-corrected chi connectivity index (χ4v) is 3.14. The number of rotatable bonds is 5. The van der Waals surface area contributed by atoms with E-state index < -0.39 is 14.8 Å². The molecule has 0 saturated carbocycles. The van der Waals surface area contributed by atoms with Crippen molar-refractivity contribution in [2.75, 3.05) is 6.26 Å². The van der Waals surface area contributed by atoms with Crippen LogP contribution in [0.1, 0.15) is 12.6 Å². The van der Waals surface area contributed by atoms with Crippen molar-refractivity contribution in [2.24, 2.45) is 0 Å². The average molecular weight is 327 g/mol. The van der Waals surface area contributed by atoms with Crippen molar-refractivity contribution in [1.82, 2.24) is 9.97 Å². The number of H-pyrrole nitrogens is 1. The summed E-state index contributed by atoms with van der Waals surface area (Å²) in [7, 11) is -3.49. The summed E-state index contributed by atoms with van der Waals surface area (Å²) in [5.74, 6) is 0. The van der Waals surface area contributed by atoms with Gasteiger partial charge in [0.2, 0.25) is 0 Å². The topological polar surface area (TPSA) is 106 Å². The summed E-state index contributed by atoms with van der Waals surface area (Å²) in [6, 6.07) is 3.85. The van der Waals surface area contributed by atoms with Crippen LogP contribution in [0, 0.1) is 10.1 Å². The van der Waals surface area contributed by atoms with E-state index in [2.05, 4.69) is 9.97 Å². The fraction of sp³-hybridized carbons (Fsp3) is 0.250. The number of nitrogens with one attached hydrogen (secondary N) is 1. The normalized spacial score (nSPS) is 11.5. The van der Waals surface area contributed by atoms with Crippen molar-refractivity contribution in [3.8, 4) is 0 Å². The van der Waals surface area contributed by atoms with Crippen molar-refractivity contribution >= 4 is 27.3 Å². The highest BCUT2D eigenvalue weighted by molar-refractivity contribution is 7.99. The van der Waals surface area contributed by atoms with Crippen LogP contribution < -0.4 is 0 Å². The van der Waals surface area contributed by atoms with Crippen LogP contribution in [0.5, 0.6) is 0 Å². The molecule has 7 nitrogen and oxygen atoms in total. The number of imidazole rings is 1. The molecule has 21 heavy (non-hydrogen) atoms. The zero-order valence-electron chi connectivity index (χ0n) is 11.4. The van der Waals surface area contributed by atoms with E-state index in [4.69, 9.17) is 0 Å². The Morgan fingerprint density at radius 3 is 2.67 bits per heavy atom. The highest BCUT2D eigenvalue weighted by Crippen LogP contribution is 2.34. The van der Waals surface area contributed by atoms with Gasteiger partial charge in [0, 0.05) is 24.2 Å². The second-order valence-corrected chi connectivity index (χ2v) is 7.37. The van der Waals surface area contributed by atoms with Crippen molar-refractivity contribution in [1.29, 1.82) is 0 Å². The van der Waals surface area contributed by atoms with E-state index in [1.165, 1.54) is 12.1 Å². The van der Waals surface area contributed by atoms with Crippen LogP contribution in [-0.2, 0) is 16.3 Å². The summed E-state index contributed by atoms with van der Waals surface area (Å²) >= 11 is 1.09. The SMILES string of the molecule is CCc1cnc(Sc2ccc(S(C)(=O)=O)cc2[N+](=O)[O-])[nH]1. The number of nitro groups is 1. The van der Waals surface area contributed by atoms with Crippen LogP contribution in [0.4, 0.5) is 5.69 Å². The molecule has 0 saturated heterocycles. The van der Waals surface area contributed by atoms with Gasteiger partial charge in [0.05, 0.1) is 14.7 Å².